The molecule has 0 bridgehead atoms. The molecule has 1 fully saturated rings. The van der Waals surface area contributed by atoms with Gasteiger partial charge >= 0.3 is 17.9 Å². The zero-order valence-corrected chi connectivity index (χ0v) is 37.3. The second-order valence-electron chi connectivity index (χ2n) is 14.8. The summed E-state index contributed by atoms with van der Waals surface area (Å²) in [6.45, 7) is 3.49. The van der Waals surface area contributed by atoms with E-state index in [4.69, 9.17) is 18.9 Å². The summed E-state index contributed by atoms with van der Waals surface area (Å²) in [6.07, 6.45) is 46.8. The highest BCUT2D eigenvalue weighted by Gasteiger charge is 2.47. The van der Waals surface area contributed by atoms with Crippen molar-refractivity contribution in [1.29, 1.82) is 0 Å². The van der Waals surface area contributed by atoms with Gasteiger partial charge in [0.2, 0.25) is 0 Å². The number of hydrogen-bond acceptors (Lipinski definition) is 10. The number of carbonyl (C=O) groups excluding carboxylic acids is 2. The summed E-state index contributed by atoms with van der Waals surface area (Å²) in [5.74, 6) is -2.59. The second kappa shape index (κ2) is 39.5. The highest BCUT2D eigenvalue weighted by molar-refractivity contribution is 5.73. The van der Waals surface area contributed by atoms with E-state index in [9.17, 15) is 34.8 Å². The number of aliphatic hydroxyl groups is 3. The Labute approximate surface area is 371 Å². The van der Waals surface area contributed by atoms with Crippen LogP contribution >= 0.6 is 0 Å². The molecule has 1 heterocycles. The normalized spacial score (nSPS) is 20.7. The van der Waals surface area contributed by atoms with Crippen molar-refractivity contribution in [3.8, 4) is 0 Å². The summed E-state index contributed by atoms with van der Waals surface area (Å²) < 4.78 is 21.6. The molecule has 1 aliphatic heterocycles. The molecule has 6 unspecified atom stereocenters. The lowest BCUT2D eigenvalue weighted by Gasteiger charge is -2.38. The molecular formula is C51H76O11. The van der Waals surface area contributed by atoms with Crippen LogP contribution in [0.15, 0.2) is 122 Å². The third kappa shape index (κ3) is 30.6. The Hall–Kier alpha value is -4.39. The molecule has 0 radical (unpaired) electrons. The van der Waals surface area contributed by atoms with Crippen molar-refractivity contribution in [2.45, 2.75) is 166 Å². The molecule has 0 aromatic rings. The summed E-state index contributed by atoms with van der Waals surface area (Å²) in [5, 5.41) is 39.8. The molecule has 346 valence electrons. The predicted molar refractivity (Wildman–Crippen MR) is 247 cm³/mol. The lowest BCUT2D eigenvalue weighted by Crippen LogP contribution is -2.60. The van der Waals surface area contributed by atoms with Gasteiger partial charge in [0, 0.05) is 12.8 Å². The lowest BCUT2D eigenvalue weighted by molar-refractivity contribution is -0.298. The van der Waals surface area contributed by atoms with Gasteiger partial charge in [0.15, 0.2) is 18.5 Å². The number of unbranched alkanes of at least 4 members (excludes halogenated alkanes) is 4. The first kappa shape index (κ1) is 55.6. The highest BCUT2D eigenvalue weighted by atomic mass is 16.7. The van der Waals surface area contributed by atoms with Crippen molar-refractivity contribution in [3.63, 3.8) is 0 Å². The summed E-state index contributed by atoms with van der Waals surface area (Å²) in [6, 6.07) is 0. The van der Waals surface area contributed by atoms with E-state index in [2.05, 4.69) is 123 Å². The standard InChI is InChI=1S/C51H76O11/c1-3-5-7-9-11-13-15-17-19-21-22-24-25-27-29-31-33-35-37-39-44(52)59-41-43(42-60-51-48(56)46(54)47(55)49(62-51)50(57)58)61-45(53)40-38-36-34-32-30-28-26-23-20-18-16-14-12-10-8-6-4-2/h5-8,11-14,17-20,22,24,26-29,32,34,43,46-49,51,54-56H,3-4,9-10,15-16,21,23,25,30-31,33,35-42H2,1-2H3,(H,57,58)/b7-5-,8-6-,13-11-,14-12-,19-17-,20-18-,24-22-,28-26-,29-27-,34-32-. The molecule has 1 rings (SSSR count). The van der Waals surface area contributed by atoms with Gasteiger partial charge in [-0.25, -0.2) is 4.79 Å². The molecule has 62 heavy (non-hydrogen) atoms. The predicted octanol–water partition coefficient (Wildman–Crippen LogP) is 9.97. The number of allylic oxidation sites excluding steroid dienone is 20. The first-order chi connectivity index (χ1) is 30.2. The molecule has 11 heteroatoms. The smallest absolute Gasteiger partial charge is 0.335 e. The van der Waals surface area contributed by atoms with E-state index in [-0.39, 0.29) is 19.4 Å². The Bertz CT molecular complexity index is 1480. The first-order valence-corrected chi connectivity index (χ1v) is 22.6. The van der Waals surface area contributed by atoms with Crippen molar-refractivity contribution < 1.29 is 53.8 Å². The molecule has 11 nitrogen and oxygen atoms in total. The fraction of sp³-hybridized carbons (Fsp3) is 0.549. The number of esters is 2. The Kier molecular flexibility index (Phi) is 35.4. The van der Waals surface area contributed by atoms with Gasteiger partial charge in [0.25, 0.3) is 0 Å². The third-order valence-electron chi connectivity index (χ3n) is 9.31. The summed E-state index contributed by atoms with van der Waals surface area (Å²) in [5.41, 5.74) is 0. The van der Waals surface area contributed by atoms with Crippen LogP contribution in [0.5, 0.6) is 0 Å². The Morgan fingerprint density at radius 2 is 0.919 bits per heavy atom. The van der Waals surface area contributed by atoms with Gasteiger partial charge < -0.3 is 39.4 Å². The fourth-order valence-corrected chi connectivity index (χ4v) is 5.82. The van der Waals surface area contributed by atoms with E-state index in [0.717, 1.165) is 83.5 Å². The highest BCUT2D eigenvalue weighted by Crippen LogP contribution is 2.23. The minimum atomic E-state index is -1.88. The number of aliphatic hydroxyl groups excluding tert-OH is 3. The maximum Gasteiger partial charge on any atom is 0.335 e. The van der Waals surface area contributed by atoms with Crippen LogP contribution in [0.3, 0.4) is 0 Å². The molecule has 0 aliphatic carbocycles. The van der Waals surface area contributed by atoms with E-state index in [1.807, 2.05) is 12.2 Å². The minimum Gasteiger partial charge on any atom is -0.479 e. The molecule has 1 saturated heterocycles. The van der Waals surface area contributed by atoms with Crippen molar-refractivity contribution in [2.75, 3.05) is 13.2 Å². The average Bonchev–Trinajstić information content (AvgIpc) is 3.26. The van der Waals surface area contributed by atoms with Crippen LogP contribution < -0.4 is 0 Å². The number of carboxylic acids is 1. The van der Waals surface area contributed by atoms with Gasteiger partial charge in [0.05, 0.1) is 6.61 Å². The van der Waals surface area contributed by atoms with Gasteiger partial charge in [-0.3, -0.25) is 9.59 Å². The SMILES string of the molecule is CC/C=C\C/C=C\C/C=C\C/C=C\C/C=C\CCCCCC(=O)OCC(COC1OC(C(=O)O)C(O)C(O)C1O)OC(=O)CCC/C=C\C/C=C\C/C=C\C/C=C\C/C=C\CC. The van der Waals surface area contributed by atoms with Crippen LogP contribution in [-0.4, -0.2) is 88.4 Å². The number of rotatable bonds is 35. The number of carbonyl (C=O) groups is 3. The first-order valence-electron chi connectivity index (χ1n) is 22.6. The van der Waals surface area contributed by atoms with Crippen molar-refractivity contribution in [2.24, 2.45) is 0 Å². The fourth-order valence-electron chi connectivity index (χ4n) is 5.82. The zero-order chi connectivity index (χ0) is 45.3. The van der Waals surface area contributed by atoms with E-state index in [0.29, 0.717) is 19.3 Å². The van der Waals surface area contributed by atoms with Gasteiger partial charge in [-0.15, -0.1) is 0 Å². The van der Waals surface area contributed by atoms with Gasteiger partial charge in [0.1, 0.15) is 24.9 Å². The lowest BCUT2D eigenvalue weighted by atomic mass is 9.99. The minimum absolute atomic E-state index is 0.0885. The second-order valence-corrected chi connectivity index (χ2v) is 14.8. The molecular weight excluding hydrogens is 789 g/mol. The molecule has 0 spiro atoms. The molecule has 6 atom stereocenters. The maximum absolute atomic E-state index is 12.8. The van der Waals surface area contributed by atoms with Gasteiger partial charge in [-0.05, 0) is 96.3 Å². The van der Waals surface area contributed by atoms with Crippen LogP contribution in [0, 0.1) is 0 Å². The van der Waals surface area contributed by atoms with E-state index in [1.54, 1.807) is 0 Å². The van der Waals surface area contributed by atoms with Crippen LogP contribution in [-0.2, 0) is 33.3 Å². The van der Waals surface area contributed by atoms with Gasteiger partial charge in [-0.2, -0.15) is 0 Å². The Balaban J connectivity index is 2.45. The van der Waals surface area contributed by atoms with E-state index < -0.39 is 61.3 Å². The quantitative estimate of drug-likeness (QED) is 0.0272. The summed E-state index contributed by atoms with van der Waals surface area (Å²) >= 11 is 0. The zero-order valence-electron chi connectivity index (χ0n) is 37.3. The molecule has 0 aromatic heterocycles. The van der Waals surface area contributed by atoms with Crippen LogP contribution in [0.1, 0.15) is 129 Å². The van der Waals surface area contributed by atoms with Gasteiger partial charge in [-0.1, -0.05) is 142 Å². The van der Waals surface area contributed by atoms with Crippen molar-refractivity contribution in [3.05, 3.63) is 122 Å². The van der Waals surface area contributed by atoms with Crippen molar-refractivity contribution >= 4 is 17.9 Å². The van der Waals surface area contributed by atoms with Crippen LogP contribution in [0.2, 0.25) is 0 Å². The Morgan fingerprint density at radius 3 is 1.37 bits per heavy atom. The molecule has 0 saturated carbocycles. The molecule has 0 amide bonds. The summed E-state index contributed by atoms with van der Waals surface area (Å²) in [7, 11) is 0. The monoisotopic (exact) mass is 865 g/mol. The number of hydrogen-bond donors (Lipinski definition) is 4. The van der Waals surface area contributed by atoms with Crippen molar-refractivity contribution in [1.82, 2.24) is 0 Å². The number of aliphatic carboxylic acids is 1. The molecule has 4 N–H and O–H groups in total. The molecule has 0 aromatic carbocycles. The Morgan fingerprint density at radius 1 is 0.500 bits per heavy atom. The number of carboxylic acid groups (broad SMARTS) is 1. The van der Waals surface area contributed by atoms with E-state index in [1.165, 1.54) is 0 Å². The third-order valence-corrected chi connectivity index (χ3v) is 9.31. The molecule has 1 aliphatic rings. The topological polar surface area (TPSA) is 169 Å². The maximum atomic E-state index is 12.8. The largest absolute Gasteiger partial charge is 0.479 e. The number of ether oxygens (including phenoxy) is 4. The van der Waals surface area contributed by atoms with Crippen LogP contribution in [0.4, 0.5) is 0 Å². The van der Waals surface area contributed by atoms with Crippen LogP contribution in [0.25, 0.3) is 0 Å². The average molecular weight is 865 g/mol. The summed E-state index contributed by atoms with van der Waals surface area (Å²) in [4.78, 5) is 36.8. The van der Waals surface area contributed by atoms with E-state index >= 15 is 0 Å².